The normalized spacial score (nSPS) is 48.3. The number of aliphatic hydroxyl groups excluding tert-OH is 1. The van der Waals surface area contributed by atoms with E-state index in [1.54, 1.807) is 13.8 Å². The minimum Gasteiger partial charge on any atom is -0.478 e. The fourth-order valence-electron chi connectivity index (χ4n) is 8.92. The molecule has 9 heteroatoms. The lowest BCUT2D eigenvalue weighted by atomic mass is 9.44. The van der Waals surface area contributed by atoms with Crippen LogP contribution in [0.1, 0.15) is 67.7 Å². The van der Waals surface area contributed by atoms with Crippen molar-refractivity contribution in [2.75, 3.05) is 0 Å². The van der Waals surface area contributed by atoms with Crippen molar-refractivity contribution in [1.82, 2.24) is 0 Å². The molecule has 0 heterocycles. The molecule has 0 amide bonds. The molecule has 0 aromatic rings. The van der Waals surface area contributed by atoms with Crippen molar-refractivity contribution < 1.29 is 42.9 Å². The van der Waals surface area contributed by atoms with Gasteiger partial charge in [0.15, 0.2) is 11.5 Å². The van der Waals surface area contributed by atoms with E-state index in [2.05, 4.69) is 0 Å². The second-order valence-electron chi connectivity index (χ2n) is 13.8. The Hall–Kier alpha value is -2.29. The predicted molar refractivity (Wildman–Crippen MR) is 132 cm³/mol. The number of rotatable bonds is 3. The van der Waals surface area contributed by atoms with Crippen LogP contribution in [0.2, 0.25) is 0 Å². The van der Waals surface area contributed by atoms with Crippen molar-refractivity contribution >= 4 is 17.9 Å². The standard InChI is InChI=1S/C29H38F2O7/c1-14-10-16-17-12-19(30)18-11-15(32)8-9-26(18,6)28(17,31)20(33)13-27(16,7)29(14,22(34)35)38-23(36)37-21-24(2,3)25(21,4)5/h8-9,11,14,16-17,19-21,33H,10,12-13H2,1-7H3,(H,34,35)/t14-,16+,17+,19+,20+,26+,27+,28+,29+/m1/s1. The summed E-state index contributed by atoms with van der Waals surface area (Å²) in [7, 11) is 0. The topological polar surface area (TPSA) is 110 Å². The zero-order valence-electron chi connectivity index (χ0n) is 23.0. The minimum absolute atomic E-state index is 0.00330. The second-order valence-corrected chi connectivity index (χ2v) is 13.8. The van der Waals surface area contributed by atoms with Gasteiger partial charge < -0.3 is 19.7 Å². The van der Waals surface area contributed by atoms with Crippen LogP contribution in [0.25, 0.3) is 0 Å². The summed E-state index contributed by atoms with van der Waals surface area (Å²) in [5, 5.41) is 22.0. The molecule has 9 atom stereocenters. The summed E-state index contributed by atoms with van der Waals surface area (Å²) in [6.07, 6.45) is -1.76. The number of carboxylic acids is 1. The van der Waals surface area contributed by atoms with Gasteiger partial charge in [-0.15, -0.1) is 0 Å². The number of carbonyl (C=O) groups is 3. The van der Waals surface area contributed by atoms with Crippen molar-refractivity contribution in [2.24, 2.45) is 39.4 Å². The third kappa shape index (κ3) is 2.94. The van der Waals surface area contributed by atoms with E-state index in [1.165, 1.54) is 19.1 Å². The molecule has 0 bridgehead atoms. The molecule has 0 unspecified atom stereocenters. The highest BCUT2D eigenvalue weighted by Gasteiger charge is 2.79. The van der Waals surface area contributed by atoms with Gasteiger partial charge in [-0.2, -0.15) is 0 Å². The van der Waals surface area contributed by atoms with E-state index < -0.39 is 76.1 Å². The molecule has 210 valence electrons. The Kier molecular flexibility index (Phi) is 5.51. The second kappa shape index (κ2) is 7.67. The maximum atomic E-state index is 17.3. The molecule has 5 aliphatic carbocycles. The lowest BCUT2D eigenvalue weighted by Crippen LogP contribution is -2.71. The molecule has 5 aliphatic rings. The molecule has 0 saturated heterocycles. The van der Waals surface area contributed by atoms with Gasteiger partial charge in [0.05, 0.1) is 6.10 Å². The van der Waals surface area contributed by atoms with Crippen LogP contribution >= 0.6 is 0 Å². The van der Waals surface area contributed by atoms with Crippen molar-refractivity contribution in [1.29, 1.82) is 0 Å². The number of fused-ring (bicyclic) bond motifs is 5. The molecule has 4 fully saturated rings. The summed E-state index contributed by atoms with van der Waals surface area (Å²) in [6, 6.07) is 0. The SMILES string of the molecule is C[C@@H]1C[C@H]2[C@@H]3C[C@H](F)C4=CC(=O)C=C[C@]4(C)[C@@]3(F)[C@@H](O)C[C@]2(C)[C@@]1(OC(=O)OC1C(C)(C)C1(C)C)C(=O)O. The van der Waals surface area contributed by atoms with Gasteiger partial charge in [0.25, 0.3) is 0 Å². The van der Waals surface area contributed by atoms with E-state index in [4.69, 9.17) is 9.47 Å². The van der Waals surface area contributed by atoms with Gasteiger partial charge in [-0.3, -0.25) is 4.79 Å². The van der Waals surface area contributed by atoms with Crippen molar-refractivity contribution in [3.63, 3.8) is 0 Å². The van der Waals surface area contributed by atoms with Crippen LogP contribution in [0.15, 0.2) is 23.8 Å². The van der Waals surface area contributed by atoms with Crippen LogP contribution in [0.5, 0.6) is 0 Å². The van der Waals surface area contributed by atoms with Crippen LogP contribution in [-0.4, -0.2) is 57.8 Å². The van der Waals surface area contributed by atoms with E-state index in [1.807, 2.05) is 27.7 Å². The predicted octanol–water partition coefficient (Wildman–Crippen LogP) is 4.96. The van der Waals surface area contributed by atoms with Gasteiger partial charge in [0, 0.05) is 33.5 Å². The Labute approximate surface area is 221 Å². The van der Waals surface area contributed by atoms with Gasteiger partial charge >= 0.3 is 12.1 Å². The lowest BCUT2D eigenvalue weighted by Gasteiger charge is -2.62. The van der Waals surface area contributed by atoms with Crippen LogP contribution < -0.4 is 0 Å². The van der Waals surface area contributed by atoms with Gasteiger partial charge in [-0.05, 0) is 49.8 Å². The summed E-state index contributed by atoms with van der Waals surface area (Å²) in [5.74, 6) is -4.39. The fraction of sp³-hybridized carbons (Fsp3) is 0.759. The summed E-state index contributed by atoms with van der Waals surface area (Å²) in [5.41, 5.74) is -8.09. The molecular formula is C29H38F2O7. The van der Waals surface area contributed by atoms with Gasteiger partial charge in [-0.25, -0.2) is 18.4 Å². The molecule has 0 aromatic heterocycles. The van der Waals surface area contributed by atoms with Crippen LogP contribution in [0.3, 0.4) is 0 Å². The van der Waals surface area contributed by atoms with E-state index in [0.717, 1.165) is 6.08 Å². The Balaban J connectivity index is 1.54. The number of aliphatic hydroxyl groups is 1. The quantitative estimate of drug-likeness (QED) is 0.491. The molecule has 0 aliphatic heterocycles. The maximum absolute atomic E-state index is 17.3. The molecule has 0 aromatic carbocycles. The summed E-state index contributed by atoms with van der Waals surface area (Å²) in [4.78, 5) is 38.1. The largest absolute Gasteiger partial charge is 0.509 e. The number of hydrogen-bond acceptors (Lipinski definition) is 6. The van der Waals surface area contributed by atoms with Crippen LogP contribution in [-0.2, 0) is 19.1 Å². The van der Waals surface area contributed by atoms with Crippen LogP contribution in [0, 0.1) is 39.4 Å². The number of ether oxygens (including phenoxy) is 2. The number of halogens is 2. The molecule has 38 heavy (non-hydrogen) atoms. The Morgan fingerprint density at radius 3 is 2.21 bits per heavy atom. The highest BCUT2D eigenvalue weighted by Crippen LogP contribution is 2.72. The van der Waals surface area contributed by atoms with E-state index >= 15 is 8.78 Å². The maximum Gasteiger partial charge on any atom is 0.509 e. The molecule has 0 spiro atoms. The third-order valence-corrected chi connectivity index (χ3v) is 11.8. The van der Waals surface area contributed by atoms with Crippen LogP contribution in [0.4, 0.5) is 13.6 Å². The lowest BCUT2D eigenvalue weighted by molar-refractivity contribution is -0.232. The first kappa shape index (κ1) is 27.3. The third-order valence-electron chi connectivity index (χ3n) is 11.8. The van der Waals surface area contributed by atoms with E-state index in [0.29, 0.717) is 0 Å². The number of ketones is 1. The number of carboxylic acid groups (broad SMARTS) is 1. The summed E-state index contributed by atoms with van der Waals surface area (Å²) in [6.45, 7) is 12.5. The van der Waals surface area contributed by atoms with Crippen molar-refractivity contribution in [2.45, 2.75) is 97.4 Å². The fourth-order valence-corrected chi connectivity index (χ4v) is 8.92. The molecule has 7 nitrogen and oxygen atoms in total. The number of hydrogen-bond donors (Lipinski definition) is 2. The molecule has 2 N–H and O–H groups in total. The smallest absolute Gasteiger partial charge is 0.478 e. The Morgan fingerprint density at radius 2 is 1.66 bits per heavy atom. The first-order valence-electron chi connectivity index (χ1n) is 13.4. The first-order valence-corrected chi connectivity index (χ1v) is 13.4. The summed E-state index contributed by atoms with van der Waals surface area (Å²) >= 11 is 0. The monoisotopic (exact) mass is 536 g/mol. The van der Waals surface area contributed by atoms with E-state index in [9.17, 15) is 24.6 Å². The van der Waals surface area contributed by atoms with E-state index in [-0.39, 0.29) is 35.7 Å². The Morgan fingerprint density at radius 1 is 1.05 bits per heavy atom. The first-order chi connectivity index (χ1) is 17.3. The minimum atomic E-state index is -2.35. The van der Waals surface area contributed by atoms with Gasteiger partial charge in [-0.1, -0.05) is 47.6 Å². The van der Waals surface area contributed by atoms with Gasteiger partial charge in [0.1, 0.15) is 12.3 Å². The van der Waals surface area contributed by atoms with Crippen molar-refractivity contribution in [3.8, 4) is 0 Å². The van der Waals surface area contributed by atoms with Gasteiger partial charge in [0.2, 0.25) is 5.60 Å². The average molecular weight is 537 g/mol. The molecule has 0 radical (unpaired) electrons. The number of aliphatic carboxylic acids is 1. The molecular weight excluding hydrogens is 498 g/mol. The highest BCUT2D eigenvalue weighted by atomic mass is 19.1. The van der Waals surface area contributed by atoms with Crippen molar-refractivity contribution in [3.05, 3.63) is 23.8 Å². The number of alkyl halides is 2. The Bertz CT molecular complexity index is 1160. The highest BCUT2D eigenvalue weighted by molar-refractivity contribution is 6.01. The molecule has 4 saturated carbocycles. The average Bonchev–Trinajstić information content (AvgIpc) is 3.06. The number of carbonyl (C=O) groups excluding carboxylic acids is 2. The number of allylic oxidation sites excluding steroid dienone is 4. The zero-order valence-corrected chi connectivity index (χ0v) is 23.0. The zero-order chi connectivity index (χ0) is 28.4. The summed E-state index contributed by atoms with van der Waals surface area (Å²) < 4.78 is 44.3. The molecule has 5 rings (SSSR count).